The number of rotatable bonds is 5. The highest BCUT2D eigenvalue weighted by Crippen LogP contribution is 2.22. The van der Waals surface area contributed by atoms with E-state index >= 15 is 0 Å². The maximum absolute atomic E-state index is 12.3. The molecule has 1 aromatic rings. The molecule has 0 saturated carbocycles. The molecule has 1 aliphatic heterocycles. The molecule has 1 aromatic carbocycles. The van der Waals surface area contributed by atoms with E-state index in [0.717, 1.165) is 5.56 Å². The van der Waals surface area contributed by atoms with Gasteiger partial charge in [0.2, 0.25) is 0 Å². The van der Waals surface area contributed by atoms with Gasteiger partial charge >= 0.3 is 6.09 Å². The predicted octanol–water partition coefficient (Wildman–Crippen LogP) is 2.87. The van der Waals surface area contributed by atoms with E-state index in [1.165, 1.54) is 0 Å². The molecule has 1 aliphatic rings. The lowest BCUT2D eigenvalue weighted by molar-refractivity contribution is -0.109. The quantitative estimate of drug-likeness (QED) is 0.837. The van der Waals surface area contributed by atoms with Crippen molar-refractivity contribution in [2.45, 2.75) is 33.5 Å². The molecule has 21 heavy (non-hydrogen) atoms. The maximum atomic E-state index is 12.3. The summed E-state index contributed by atoms with van der Waals surface area (Å²) in [4.78, 5) is 12.3. The Morgan fingerprint density at radius 1 is 1.43 bits per heavy atom. The molecule has 1 fully saturated rings. The van der Waals surface area contributed by atoms with Crippen molar-refractivity contribution in [3.63, 3.8) is 0 Å². The number of hydrogen-bond acceptors (Lipinski definition) is 4. The second kappa shape index (κ2) is 7.43. The Morgan fingerprint density at radius 3 is 2.76 bits per heavy atom. The van der Waals surface area contributed by atoms with Crippen LogP contribution in [0.25, 0.3) is 0 Å². The molecule has 0 N–H and O–H groups in total. The largest absolute Gasteiger partial charge is 0.449 e. The Kier molecular flexibility index (Phi) is 5.59. The van der Waals surface area contributed by atoms with Crippen LogP contribution in [0.4, 0.5) is 4.79 Å². The molecule has 2 rings (SSSR count). The zero-order valence-electron chi connectivity index (χ0n) is 13.0. The number of hydrazine groups is 1. The molecule has 0 radical (unpaired) electrons. The van der Waals surface area contributed by atoms with E-state index in [1.807, 2.05) is 42.3 Å². The molecule has 0 aromatic heterocycles. The summed E-state index contributed by atoms with van der Waals surface area (Å²) < 4.78 is 11.0. The van der Waals surface area contributed by atoms with Gasteiger partial charge in [-0.25, -0.2) is 9.80 Å². The lowest BCUT2D eigenvalue weighted by atomic mass is 10.2. The van der Waals surface area contributed by atoms with E-state index in [4.69, 9.17) is 9.47 Å². The summed E-state index contributed by atoms with van der Waals surface area (Å²) >= 11 is 0. The number of nitrogens with zero attached hydrogens (tertiary/aromatic N) is 2. The van der Waals surface area contributed by atoms with Crippen LogP contribution < -0.4 is 0 Å². The first-order valence-corrected chi connectivity index (χ1v) is 7.49. The second-order valence-corrected chi connectivity index (χ2v) is 5.41. The van der Waals surface area contributed by atoms with Crippen molar-refractivity contribution in [3.05, 3.63) is 35.9 Å². The van der Waals surface area contributed by atoms with Crippen molar-refractivity contribution in [1.82, 2.24) is 10.0 Å². The molecular formula is C16H24N2O3. The zero-order chi connectivity index (χ0) is 15.2. The number of hydrogen-bond donors (Lipinski definition) is 0. The average molecular weight is 292 g/mol. The van der Waals surface area contributed by atoms with Crippen molar-refractivity contribution in [1.29, 1.82) is 0 Å². The summed E-state index contributed by atoms with van der Waals surface area (Å²) in [5.74, 6) is 0.306. The molecule has 5 heteroatoms. The topological polar surface area (TPSA) is 42.0 Å². The van der Waals surface area contributed by atoms with Crippen LogP contribution in [0.15, 0.2) is 30.3 Å². The SMILES string of the molecule is CCOC(=O)N(Cc1ccccc1)N1CCOC1C(C)C. The van der Waals surface area contributed by atoms with Crippen LogP contribution in [-0.2, 0) is 16.0 Å². The predicted molar refractivity (Wildman–Crippen MR) is 80.3 cm³/mol. The first kappa shape index (κ1) is 15.8. The lowest BCUT2D eigenvalue weighted by Crippen LogP contribution is -2.50. The fourth-order valence-corrected chi connectivity index (χ4v) is 2.49. The fourth-order valence-electron chi connectivity index (χ4n) is 2.49. The third-order valence-electron chi connectivity index (χ3n) is 3.44. The average Bonchev–Trinajstić information content (AvgIpc) is 2.95. The summed E-state index contributed by atoms with van der Waals surface area (Å²) in [5, 5.41) is 3.64. The highest BCUT2D eigenvalue weighted by Gasteiger charge is 2.35. The number of amides is 1. The molecule has 5 nitrogen and oxygen atoms in total. The highest BCUT2D eigenvalue weighted by atomic mass is 16.6. The number of carbonyl (C=O) groups excluding carboxylic acids is 1. The van der Waals surface area contributed by atoms with Gasteiger partial charge in [-0.1, -0.05) is 44.2 Å². The molecule has 1 saturated heterocycles. The summed E-state index contributed by atoms with van der Waals surface area (Å²) in [5.41, 5.74) is 1.07. The van der Waals surface area contributed by atoms with Gasteiger partial charge in [-0.05, 0) is 18.4 Å². The monoisotopic (exact) mass is 292 g/mol. The molecule has 0 aliphatic carbocycles. The molecule has 1 atom stereocenters. The van der Waals surface area contributed by atoms with Gasteiger partial charge in [0.15, 0.2) is 0 Å². The van der Waals surface area contributed by atoms with E-state index in [2.05, 4.69) is 13.8 Å². The Hall–Kier alpha value is -1.59. The van der Waals surface area contributed by atoms with Gasteiger partial charge in [0.1, 0.15) is 6.23 Å². The minimum absolute atomic E-state index is 0.0851. The Morgan fingerprint density at radius 2 is 2.14 bits per heavy atom. The van der Waals surface area contributed by atoms with E-state index < -0.39 is 0 Å². The van der Waals surface area contributed by atoms with Crippen LogP contribution in [0.2, 0.25) is 0 Å². The number of carbonyl (C=O) groups is 1. The molecule has 1 amide bonds. The van der Waals surface area contributed by atoms with Gasteiger partial charge in [0.05, 0.1) is 19.8 Å². The first-order valence-electron chi connectivity index (χ1n) is 7.49. The Balaban J connectivity index is 2.17. The van der Waals surface area contributed by atoms with E-state index in [9.17, 15) is 4.79 Å². The highest BCUT2D eigenvalue weighted by molar-refractivity contribution is 5.67. The van der Waals surface area contributed by atoms with Crippen LogP contribution in [0.1, 0.15) is 26.3 Å². The summed E-state index contributed by atoms with van der Waals surface area (Å²) in [6.07, 6.45) is -0.407. The minimum atomic E-state index is -0.322. The van der Waals surface area contributed by atoms with Crippen LogP contribution in [0.3, 0.4) is 0 Å². The standard InChI is InChI=1S/C16H24N2O3/c1-4-20-16(19)18(12-14-8-6-5-7-9-14)17-10-11-21-15(17)13(2)3/h5-9,13,15H,4,10-12H2,1-3H3. The van der Waals surface area contributed by atoms with Gasteiger partial charge in [0, 0.05) is 6.54 Å². The van der Waals surface area contributed by atoms with Gasteiger partial charge in [-0.3, -0.25) is 0 Å². The normalized spacial score (nSPS) is 19.0. The Bertz CT molecular complexity index is 450. The lowest BCUT2D eigenvalue weighted by Gasteiger charge is -2.35. The minimum Gasteiger partial charge on any atom is -0.449 e. The third kappa shape index (κ3) is 3.95. The van der Waals surface area contributed by atoms with Crippen molar-refractivity contribution < 1.29 is 14.3 Å². The summed E-state index contributed by atoms with van der Waals surface area (Å²) in [6.45, 7) is 8.20. The summed E-state index contributed by atoms with van der Waals surface area (Å²) in [7, 11) is 0. The fraction of sp³-hybridized carbons (Fsp3) is 0.562. The second-order valence-electron chi connectivity index (χ2n) is 5.41. The Labute approximate surface area is 126 Å². The first-order chi connectivity index (χ1) is 10.1. The van der Waals surface area contributed by atoms with Crippen LogP contribution >= 0.6 is 0 Å². The van der Waals surface area contributed by atoms with Gasteiger partial charge in [-0.15, -0.1) is 0 Å². The maximum Gasteiger partial charge on any atom is 0.424 e. The number of benzene rings is 1. The zero-order valence-corrected chi connectivity index (χ0v) is 13.0. The van der Waals surface area contributed by atoms with Crippen LogP contribution in [0.5, 0.6) is 0 Å². The van der Waals surface area contributed by atoms with Crippen LogP contribution in [0, 0.1) is 5.92 Å². The molecular weight excluding hydrogens is 268 g/mol. The van der Waals surface area contributed by atoms with E-state index in [1.54, 1.807) is 5.01 Å². The van der Waals surface area contributed by atoms with Crippen molar-refractivity contribution >= 4 is 6.09 Å². The van der Waals surface area contributed by atoms with Crippen molar-refractivity contribution in [2.75, 3.05) is 19.8 Å². The summed E-state index contributed by atoms with van der Waals surface area (Å²) in [6, 6.07) is 9.92. The smallest absolute Gasteiger partial charge is 0.424 e. The third-order valence-corrected chi connectivity index (χ3v) is 3.44. The van der Waals surface area contributed by atoms with E-state index in [-0.39, 0.29) is 12.3 Å². The van der Waals surface area contributed by atoms with Crippen molar-refractivity contribution in [3.8, 4) is 0 Å². The molecule has 0 bridgehead atoms. The van der Waals surface area contributed by atoms with Gasteiger partial charge < -0.3 is 9.47 Å². The number of ether oxygens (including phenoxy) is 2. The van der Waals surface area contributed by atoms with Gasteiger partial charge in [0.25, 0.3) is 0 Å². The molecule has 1 heterocycles. The van der Waals surface area contributed by atoms with E-state index in [0.29, 0.717) is 32.2 Å². The molecule has 1 unspecified atom stereocenters. The molecule has 116 valence electrons. The van der Waals surface area contributed by atoms with Crippen molar-refractivity contribution in [2.24, 2.45) is 5.92 Å². The van der Waals surface area contributed by atoms with Crippen LogP contribution in [-0.4, -0.2) is 42.1 Å². The molecule has 0 spiro atoms. The van der Waals surface area contributed by atoms with Gasteiger partial charge in [-0.2, -0.15) is 5.01 Å².